The van der Waals surface area contributed by atoms with Gasteiger partial charge in [0.05, 0.1) is 16.7 Å². The minimum atomic E-state index is -0.0678. The normalized spacial score (nSPS) is 12.9. The zero-order valence-electron chi connectivity index (χ0n) is 15.5. The number of benzene rings is 2. The van der Waals surface area contributed by atoms with Gasteiger partial charge in [-0.1, -0.05) is 30.8 Å². The Balaban J connectivity index is 1.59. The molecular weight excluding hydrogens is 376 g/mol. The molecule has 6 nitrogen and oxygen atoms in total. The monoisotopic (exact) mass is 396 g/mol. The Labute approximate surface area is 166 Å². The summed E-state index contributed by atoms with van der Waals surface area (Å²) >= 11 is 1.29. The second-order valence-corrected chi connectivity index (χ2v) is 7.38. The van der Waals surface area contributed by atoms with Crippen molar-refractivity contribution in [1.29, 1.82) is 0 Å². The van der Waals surface area contributed by atoms with Gasteiger partial charge in [0.1, 0.15) is 13.2 Å². The van der Waals surface area contributed by atoms with Crippen LogP contribution in [0.5, 0.6) is 11.5 Å². The van der Waals surface area contributed by atoms with Crippen LogP contribution in [0, 0.1) is 0 Å². The number of hydrogen-bond donors (Lipinski definition) is 0. The average molecular weight is 396 g/mol. The summed E-state index contributed by atoms with van der Waals surface area (Å²) in [5.41, 5.74) is 1.14. The van der Waals surface area contributed by atoms with Crippen molar-refractivity contribution in [2.45, 2.75) is 25.0 Å². The Bertz CT molecular complexity index is 1090. The Kier molecular flexibility index (Phi) is 5.34. The zero-order chi connectivity index (χ0) is 19.5. The molecule has 1 aliphatic rings. The third kappa shape index (κ3) is 3.62. The van der Waals surface area contributed by atoms with Crippen LogP contribution in [0.25, 0.3) is 10.9 Å². The lowest BCUT2D eigenvalue weighted by Crippen LogP contribution is -2.23. The zero-order valence-corrected chi connectivity index (χ0v) is 16.3. The summed E-state index contributed by atoms with van der Waals surface area (Å²) in [5.74, 6) is 1.39. The minimum Gasteiger partial charge on any atom is -0.486 e. The maximum absolute atomic E-state index is 12.8. The van der Waals surface area contributed by atoms with Crippen molar-refractivity contribution in [3.63, 3.8) is 0 Å². The van der Waals surface area contributed by atoms with Gasteiger partial charge in [-0.3, -0.25) is 14.2 Å². The number of para-hydroxylation sites is 1. The molecule has 144 valence electrons. The average Bonchev–Trinajstić information content (AvgIpc) is 2.74. The maximum Gasteiger partial charge on any atom is 0.262 e. The number of hydrogen-bond acceptors (Lipinski definition) is 6. The summed E-state index contributed by atoms with van der Waals surface area (Å²) in [7, 11) is 0. The van der Waals surface area contributed by atoms with Gasteiger partial charge in [0, 0.05) is 12.1 Å². The van der Waals surface area contributed by atoms with E-state index in [-0.39, 0.29) is 17.1 Å². The summed E-state index contributed by atoms with van der Waals surface area (Å²) in [6, 6.07) is 12.5. The first-order valence-electron chi connectivity index (χ1n) is 9.22. The molecule has 0 bridgehead atoms. The molecule has 7 heteroatoms. The molecule has 0 N–H and O–H groups in total. The molecule has 0 spiro atoms. The number of Topliss-reactive ketones (excluding diaryl/α,β-unsaturated/α-hetero) is 1. The van der Waals surface area contributed by atoms with Crippen LogP contribution in [0.3, 0.4) is 0 Å². The lowest BCUT2D eigenvalue weighted by atomic mass is 10.1. The molecule has 2 heterocycles. The van der Waals surface area contributed by atoms with Gasteiger partial charge in [0.15, 0.2) is 22.4 Å². The van der Waals surface area contributed by atoms with Crippen molar-refractivity contribution in [2.75, 3.05) is 19.0 Å². The number of ether oxygens (including phenoxy) is 2. The van der Waals surface area contributed by atoms with E-state index in [1.807, 2.05) is 25.1 Å². The van der Waals surface area contributed by atoms with Crippen LogP contribution in [-0.4, -0.2) is 34.3 Å². The van der Waals surface area contributed by atoms with E-state index < -0.39 is 0 Å². The molecule has 0 saturated carbocycles. The number of nitrogens with zero attached hydrogens (tertiary/aromatic N) is 2. The molecule has 0 atom stereocenters. The molecule has 1 aliphatic heterocycles. The molecule has 4 rings (SSSR count). The standard InChI is InChI=1S/C21H20N2O4S/c1-2-9-23-20(25)15-5-3-4-6-16(15)22-21(23)28-13-17(24)14-7-8-18-19(12-14)27-11-10-26-18/h3-8,12H,2,9-11,13H2,1H3. The SMILES string of the molecule is CCCn1c(SCC(=O)c2ccc3c(c2)OCCO3)nc2ccccc2c1=O. The minimum absolute atomic E-state index is 0.0487. The van der Waals surface area contributed by atoms with Crippen LogP contribution in [0.15, 0.2) is 52.4 Å². The van der Waals surface area contributed by atoms with Gasteiger partial charge in [0.2, 0.25) is 0 Å². The molecule has 28 heavy (non-hydrogen) atoms. The molecule has 3 aromatic rings. The molecule has 0 radical (unpaired) electrons. The Morgan fingerprint density at radius 1 is 1.14 bits per heavy atom. The van der Waals surface area contributed by atoms with Crippen molar-refractivity contribution in [1.82, 2.24) is 9.55 Å². The molecule has 0 aliphatic carbocycles. The van der Waals surface area contributed by atoms with E-state index in [0.29, 0.717) is 52.9 Å². The Hall–Kier alpha value is -2.80. The Morgan fingerprint density at radius 2 is 1.93 bits per heavy atom. The molecular formula is C21H20N2O4S. The topological polar surface area (TPSA) is 70.4 Å². The Morgan fingerprint density at radius 3 is 2.75 bits per heavy atom. The highest BCUT2D eigenvalue weighted by molar-refractivity contribution is 7.99. The molecule has 1 aromatic heterocycles. The number of thioether (sulfide) groups is 1. The largest absolute Gasteiger partial charge is 0.486 e. The van der Waals surface area contributed by atoms with Crippen molar-refractivity contribution >= 4 is 28.4 Å². The fourth-order valence-corrected chi connectivity index (χ4v) is 4.03. The van der Waals surface area contributed by atoms with Crippen LogP contribution >= 0.6 is 11.8 Å². The predicted octanol–water partition coefficient (Wildman–Crippen LogP) is 3.55. The van der Waals surface area contributed by atoms with Crippen LogP contribution in [0.1, 0.15) is 23.7 Å². The van der Waals surface area contributed by atoms with Gasteiger partial charge in [-0.15, -0.1) is 0 Å². The van der Waals surface area contributed by atoms with Gasteiger partial charge in [-0.2, -0.15) is 0 Å². The molecule has 0 amide bonds. The number of rotatable bonds is 6. The number of carbonyl (C=O) groups excluding carboxylic acids is 1. The van der Waals surface area contributed by atoms with E-state index in [2.05, 4.69) is 4.98 Å². The van der Waals surface area contributed by atoms with E-state index in [1.165, 1.54) is 11.8 Å². The van der Waals surface area contributed by atoms with Crippen molar-refractivity contribution in [3.8, 4) is 11.5 Å². The van der Waals surface area contributed by atoms with Crippen molar-refractivity contribution in [3.05, 3.63) is 58.4 Å². The van der Waals surface area contributed by atoms with Crippen LogP contribution < -0.4 is 15.0 Å². The first kappa shape index (κ1) is 18.6. The highest BCUT2D eigenvalue weighted by Crippen LogP contribution is 2.31. The number of aromatic nitrogens is 2. The molecule has 0 saturated heterocycles. The van der Waals surface area contributed by atoms with Gasteiger partial charge >= 0.3 is 0 Å². The third-order valence-electron chi connectivity index (χ3n) is 4.47. The van der Waals surface area contributed by atoms with Crippen molar-refractivity contribution in [2.24, 2.45) is 0 Å². The van der Waals surface area contributed by atoms with Gasteiger partial charge in [-0.05, 0) is 36.8 Å². The van der Waals surface area contributed by atoms with Crippen LogP contribution in [-0.2, 0) is 6.54 Å². The van der Waals surface area contributed by atoms with E-state index in [9.17, 15) is 9.59 Å². The smallest absolute Gasteiger partial charge is 0.262 e. The van der Waals surface area contributed by atoms with Gasteiger partial charge < -0.3 is 9.47 Å². The summed E-state index contributed by atoms with van der Waals surface area (Å²) in [6.45, 7) is 3.57. The molecule has 0 unspecified atom stereocenters. The quantitative estimate of drug-likeness (QED) is 0.361. The van der Waals surface area contributed by atoms with E-state index in [1.54, 1.807) is 28.8 Å². The van der Waals surface area contributed by atoms with Crippen molar-refractivity contribution < 1.29 is 14.3 Å². The lowest BCUT2D eigenvalue weighted by molar-refractivity contribution is 0.102. The fraction of sp³-hybridized carbons (Fsp3) is 0.286. The molecule has 2 aromatic carbocycles. The number of carbonyl (C=O) groups is 1. The van der Waals surface area contributed by atoms with Crippen LogP contribution in [0.2, 0.25) is 0 Å². The highest BCUT2D eigenvalue weighted by Gasteiger charge is 2.17. The first-order chi connectivity index (χ1) is 13.7. The van der Waals surface area contributed by atoms with E-state index >= 15 is 0 Å². The summed E-state index contributed by atoms with van der Waals surface area (Å²) in [4.78, 5) is 30.1. The highest BCUT2D eigenvalue weighted by atomic mass is 32.2. The summed E-state index contributed by atoms with van der Waals surface area (Å²) in [5, 5.41) is 1.16. The predicted molar refractivity (Wildman–Crippen MR) is 109 cm³/mol. The van der Waals surface area contributed by atoms with Gasteiger partial charge in [0.25, 0.3) is 5.56 Å². The number of fused-ring (bicyclic) bond motifs is 2. The lowest BCUT2D eigenvalue weighted by Gasteiger charge is -2.18. The molecule has 0 fully saturated rings. The maximum atomic E-state index is 12.8. The van der Waals surface area contributed by atoms with Gasteiger partial charge in [-0.25, -0.2) is 4.98 Å². The first-order valence-corrected chi connectivity index (χ1v) is 10.2. The fourth-order valence-electron chi connectivity index (χ4n) is 3.11. The van der Waals surface area contributed by atoms with E-state index in [0.717, 1.165) is 6.42 Å². The van der Waals surface area contributed by atoms with Crippen LogP contribution in [0.4, 0.5) is 0 Å². The second kappa shape index (κ2) is 8.06. The van der Waals surface area contributed by atoms with E-state index in [4.69, 9.17) is 9.47 Å². The second-order valence-electron chi connectivity index (χ2n) is 6.44. The summed E-state index contributed by atoms with van der Waals surface area (Å²) < 4.78 is 12.7. The summed E-state index contributed by atoms with van der Waals surface area (Å²) in [6.07, 6.45) is 0.809. The number of ketones is 1. The third-order valence-corrected chi connectivity index (χ3v) is 5.45.